The Kier molecular flexibility index (Phi) is 6.71. The van der Waals surface area contributed by atoms with Gasteiger partial charge in [-0.15, -0.1) is 0 Å². The Labute approximate surface area is 175 Å². The minimum Gasteiger partial charge on any atom is -0.378 e. The maximum absolute atomic E-state index is 12.7. The molecule has 2 aromatic rings. The van der Waals surface area contributed by atoms with Crippen molar-refractivity contribution in [3.63, 3.8) is 0 Å². The van der Waals surface area contributed by atoms with E-state index < -0.39 is 4.92 Å². The summed E-state index contributed by atoms with van der Waals surface area (Å²) in [5, 5.41) is 13.9. The Morgan fingerprint density at radius 2 is 1.86 bits per heavy atom. The van der Waals surface area contributed by atoms with E-state index in [0.29, 0.717) is 6.54 Å². The zero-order chi connectivity index (χ0) is 21.0. The third kappa shape index (κ3) is 5.05. The molecular weight excluding hydrogens is 392 g/mol. The van der Waals surface area contributed by atoms with Crippen molar-refractivity contribution in [2.24, 2.45) is 0 Å². The molecule has 8 heteroatoms. The summed E-state index contributed by atoms with van der Waals surface area (Å²) < 4.78 is 0. The molecule has 1 fully saturated rings. The van der Waals surface area contributed by atoms with Gasteiger partial charge in [0, 0.05) is 38.5 Å². The quantitative estimate of drug-likeness (QED) is 0.547. The van der Waals surface area contributed by atoms with Gasteiger partial charge in [-0.05, 0) is 49.7 Å². The number of hydrogen-bond donors (Lipinski definition) is 1. The maximum atomic E-state index is 12.7. The molecule has 29 heavy (non-hydrogen) atoms. The molecule has 1 aliphatic rings. The summed E-state index contributed by atoms with van der Waals surface area (Å²) in [5.74, 6) is -0.334. The minimum atomic E-state index is -0.533. The van der Waals surface area contributed by atoms with E-state index in [4.69, 9.17) is 11.6 Å². The van der Waals surface area contributed by atoms with E-state index in [0.717, 1.165) is 37.2 Å². The summed E-state index contributed by atoms with van der Waals surface area (Å²) in [6.07, 6.45) is 2.29. The molecule has 154 valence electrons. The number of halogens is 1. The van der Waals surface area contributed by atoms with Crippen LogP contribution in [-0.4, -0.2) is 49.5 Å². The molecule has 1 heterocycles. The molecule has 1 amide bonds. The van der Waals surface area contributed by atoms with Gasteiger partial charge in [0.2, 0.25) is 0 Å². The molecule has 0 bridgehead atoms. The highest BCUT2D eigenvalue weighted by Crippen LogP contribution is 2.27. The van der Waals surface area contributed by atoms with Crippen molar-refractivity contribution in [1.82, 2.24) is 10.2 Å². The number of carbonyl (C=O) groups is 1. The number of benzene rings is 2. The van der Waals surface area contributed by atoms with E-state index in [9.17, 15) is 14.9 Å². The number of nitrogens with zero attached hydrogens (tertiary/aromatic N) is 3. The van der Waals surface area contributed by atoms with Crippen LogP contribution in [0.3, 0.4) is 0 Å². The summed E-state index contributed by atoms with van der Waals surface area (Å²) in [5.41, 5.74) is 2.37. The largest absolute Gasteiger partial charge is 0.378 e. The van der Waals surface area contributed by atoms with Crippen molar-refractivity contribution in [3.05, 3.63) is 68.7 Å². The normalized spacial score (nSPS) is 15.1. The highest BCUT2D eigenvalue weighted by Gasteiger charge is 2.25. The van der Waals surface area contributed by atoms with Gasteiger partial charge in [-0.2, -0.15) is 0 Å². The highest BCUT2D eigenvalue weighted by molar-refractivity contribution is 6.34. The number of nitro benzene ring substituents is 1. The van der Waals surface area contributed by atoms with Crippen LogP contribution in [0.15, 0.2) is 42.5 Å². The summed E-state index contributed by atoms with van der Waals surface area (Å²) in [6.45, 7) is 2.43. The molecule has 0 radical (unpaired) electrons. The van der Waals surface area contributed by atoms with Crippen molar-refractivity contribution in [2.75, 3.05) is 38.6 Å². The molecule has 2 aromatic carbocycles. The lowest BCUT2D eigenvalue weighted by atomic mass is 10.0. The van der Waals surface area contributed by atoms with Crippen molar-refractivity contribution < 1.29 is 9.72 Å². The van der Waals surface area contributed by atoms with E-state index in [1.54, 1.807) is 0 Å². The Morgan fingerprint density at radius 1 is 1.21 bits per heavy atom. The number of anilines is 1. The van der Waals surface area contributed by atoms with Gasteiger partial charge >= 0.3 is 0 Å². The van der Waals surface area contributed by atoms with E-state index in [1.807, 2.05) is 19.0 Å². The van der Waals surface area contributed by atoms with E-state index in [2.05, 4.69) is 34.5 Å². The van der Waals surface area contributed by atoms with Gasteiger partial charge in [0.15, 0.2) is 0 Å². The zero-order valence-electron chi connectivity index (χ0n) is 16.6. The van der Waals surface area contributed by atoms with Crippen molar-refractivity contribution in [3.8, 4) is 0 Å². The maximum Gasteiger partial charge on any atom is 0.270 e. The minimum absolute atomic E-state index is 0.0643. The fourth-order valence-corrected chi connectivity index (χ4v) is 3.85. The number of rotatable bonds is 7. The van der Waals surface area contributed by atoms with Gasteiger partial charge < -0.3 is 10.2 Å². The first-order valence-electron chi connectivity index (χ1n) is 9.60. The lowest BCUT2D eigenvalue weighted by Gasteiger charge is -2.28. The second kappa shape index (κ2) is 9.24. The molecule has 7 nitrogen and oxygen atoms in total. The number of nitrogens with one attached hydrogen (secondary N) is 1. The molecule has 0 aliphatic carbocycles. The Bertz CT molecular complexity index is 880. The lowest BCUT2D eigenvalue weighted by Crippen LogP contribution is -2.36. The van der Waals surface area contributed by atoms with Crippen LogP contribution in [0, 0.1) is 10.1 Å². The molecule has 3 rings (SSSR count). The number of non-ortho nitro benzene ring substituents is 1. The van der Waals surface area contributed by atoms with Crippen LogP contribution in [0.1, 0.15) is 34.8 Å². The first-order valence-corrected chi connectivity index (χ1v) is 9.98. The second-order valence-electron chi connectivity index (χ2n) is 7.38. The van der Waals surface area contributed by atoms with Crippen LogP contribution in [0.4, 0.5) is 11.4 Å². The van der Waals surface area contributed by atoms with Gasteiger partial charge in [-0.1, -0.05) is 23.7 Å². The Morgan fingerprint density at radius 3 is 2.41 bits per heavy atom. The highest BCUT2D eigenvalue weighted by atomic mass is 35.5. The average molecular weight is 417 g/mol. The van der Waals surface area contributed by atoms with Crippen LogP contribution in [0.2, 0.25) is 5.02 Å². The van der Waals surface area contributed by atoms with Crippen LogP contribution in [0.5, 0.6) is 0 Å². The average Bonchev–Trinajstić information content (AvgIpc) is 3.22. The number of hydrogen-bond acceptors (Lipinski definition) is 5. The predicted molar refractivity (Wildman–Crippen MR) is 115 cm³/mol. The van der Waals surface area contributed by atoms with Crippen LogP contribution in [-0.2, 0) is 0 Å². The summed E-state index contributed by atoms with van der Waals surface area (Å²) in [4.78, 5) is 27.4. The fraction of sp³-hybridized carbons (Fsp3) is 0.381. The van der Waals surface area contributed by atoms with Gasteiger partial charge in [-0.3, -0.25) is 19.8 Å². The van der Waals surface area contributed by atoms with Crippen LogP contribution in [0.25, 0.3) is 0 Å². The SMILES string of the molecule is CN(C)c1ccc(C(CNC(=O)c2ccc([N+](=O)[O-])cc2Cl)N2CCCC2)cc1. The lowest BCUT2D eigenvalue weighted by molar-refractivity contribution is -0.384. The van der Waals surface area contributed by atoms with E-state index in [1.165, 1.54) is 18.2 Å². The van der Waals surface area contributed by atoms with E-state index in [-0.39, 0.29) is 28.2 Å². The zero-order valence-corrected chi connectivity index (χ0v) is 17.4. The second-order valence-corrected chi connectivity index (χ2v) is 7.78. The standard InChI is InChI=1S/C21H25ClN4O3/c1-24(2)16-7-5-15(6-8-16)20(25-11-3-4-12-25)14-23-21(27)18-10-9-17(26(28)29)13-19(18)22/h5-10,13,20H,3-4,11-12,14H2,1-2H3,(H,23,27). The molecule has 0 spiro atoms. The monoisotopic (exact) mass is 416 g/mol. The van der Waals surface area contributed by atoms with E-state index >= 15 is 0 Å². The molecule has 1 saturated heterocycles. The summed E-state index contributed by atoms with van der Waals surface area (Å²) in [6, 6.07) is 12.3. The van der Waals surface area contributed by atoms with Crippen molar-refractivity contribution >= 4 is 28.9 Å². The molecular formula is C21H25ClN4O3. The Hall–Kier alpha value is -2.64. The molecule has 1 atom stereocenters. The van der Waals surface area contributed by atoms with Crippen molar-refractivity contribution in [2.45, 2.75) is 18.9 Å². The van der Waals surface area contributed by atoms with Gasteiger partial charge in [0.1, 0.15) is 0 Å². The van der Waals surface area contributed by atoms with Gasteiger partial charge in [0.25, 0.3) is 11.6 Å². The van der Waals surface area contributed by atoms with Gasteiger partial charge in [-0.25, -0.2) is 0 Å². The first-order chi connectivity index (χ1) is 13.9. The predicted octanol–water partition coefficient (Wildman–Crippen LogP) is 3.88. The molecule has 0 aromatic heterocycles. The number of nitro groups is 1. The smallest absolute Gasteiger partial charge is 0.270 e. The number of amides is 1. The topological polar surface area (TPSA) is 78.7 Å². The molecule has 1 unspecified atom stereocenters. The fourth-order valence-electron chi connectivity index (χ4n) is 3.59. The first kappa shape index (κ1) is 21.1. The Balaban J connectivity index is 1.74. The molecule has 0 saturated carbocycles. The van der Waals surface area contributed by atoms with Crippen LogP contribution >= 0.6 is 11.6 Å². The van der Waals surface area contributed by atoms with Gasteiger partial charge in [0.05, 0.1) is 21.6 Å². The number of likely N-dealkylation sites (tertiary alicyclic amines) is 1. The molecule has 1 N–H and O–H groups in total. The van der Waals surface area contributed by atoms with Crippen LogP contribution < -0.4 is 10.2 Å². The third-order valence-electron chi connectivity index (χ3n) is 5.24. The van der Waals surface area contributed by atoms with Crippen molar-refractivity contribution in [1.29, 1.82) is 0 Å². The number of carbonyl (C=O) groups excluding carboxylic acids is 1. The summed E-state index contributed by atoms with van der Waals surface area (Å²) >= 11 is 6.09. The third-order valence-corrected chi connectivity index (χ3v) is 5.55. The molecule has 1 aliphatic heterocycles. The summed E-state index contributed by atoms with van der Waals surface area (Å²) in [7, 11) is 4.00.